The number of hydrogen-bond donors (Lipinski definition) is 4. The topological polar surface area (TPSA) is 117 Å². The molecule has 3 aromatic heterocycles. The lowest BCUT2D eigenvalue weighted by molar-refractivity contribution is -0.147. The smallest absolute Gasteiger partial charge is 0.394 e. The molecule has 1 fully saturated rings. The van der Waals surface area contributed by atoms with Crippen molar-refractivity contribution in [2.45, 2.75) is 11.2 Å². The van der Waals surface area contributed by atoms with Crippen LogP contribution in [0.3, 0.4) is 0 Å². The van der Waals surface area contributed by atoms with E-state index in [4.69, 9.17) is 14.3 Å². The van der Waals surface area contributed by atoms with Crippen molar-refractivity contribution in [3.63, 3.8) is 0 Å². The average molecular weight is 691 g/mol. The first kappa shape index (κ1) is 30.9. The van der Waals surface area contributed by atoms with Gasteiger partial charge in [0.25, 0.3) is 0 Å². The maximum absolute atomic E-state index is 10.1. The molecule has 0 unspecified atom stereocenters. The molecule has 1 aliphatic rings. The molecule has 4 N–H and O–H groups in total. The van der Waals surface area contributed by atoms with Crippen LogP contribution in [0, 0.1) is 0 Å². The lowest BCUT2D eigenvalue weighted by atomic mass is 9.78. The fourth-order valence-electron chi connectivity index (χ4n) is 8.01. The van der Waals surface area contributed by atoms with Gasteiger partial charge < -0.3 is 29.7 Å². The first-order valence-corrected chi connectivity index (χ1v) is 17.7. The SMILES string of the molecule is OCC1(CO)OB(c2ccc(-c3cccc4cc5sc6c(ccn7c8ccc9c%10ccccc%10ccc9c8nc67)c5cc34)cc2)OC1(CO)CO. The van der Waals surface area contributed by atoms with E-state index in [0.717, 1.165) is 48.7 Å². The second-order valence-electron chi connectivity index (χ2n) is 13.5. The second-order valence-corrected chi connectivity index (χ2v) is 14.5. The highest BCUT2D eigenvalue weighted by Gasteiger charge is 2.62. The zero-order valence-corrected chi connectivity index (χ0v) is 28.1. The molecule has 250 valence electrons. The number of nitrogens with zero attached hydrogens (tertiary/aromatic N) is 2. The Bertz CT molecular complexity index is 2820. The fourth-order valence-corrected chi connectivity index (χ4v) is 9.21. The Morgan fingerprint density at radius 2 is 1.35 bits per heavy atom. The summed E-state index contributed by atoms with van der Waals surface area (Å²) < 4.78 is 16.5. The quantitative estimate of drug-likeness (QED) is 0.122. The van der Waals surface area contributed by atoms with Gasteiger partial charge in [0, 0.05) is 27.1 Å². The van der Waals surface area contributed by atoms with Crippen molar-refractivity contribution in [2.75, 3.05) is 26.4 Å². The van der Waals surface area contributed by atoms with Crippen molar-refractivity contribution in [1.82, 2.24) is 9.38 Å². The van der Waals surface area contributed by atoms with Gasteiger partial charge in [-0.05, 0) is 67.8 Å². The molecule has 10 rings (SSSR count). The highest BCUT2D eigenvalue weighted by Crippen LogP contribution is 2.42. The van der Waals surface area contributed by atoms with Crippen LogP contribution in [-0.4, -0.2) is 74.6 Å². The van der Waals surface area contributed by atoms with E-state index >= 15 is 0 Å². The predicted octanol–water partition coefficient (Wildman–Crippen LogP) is 6.17. The monoisotopic (exact) mass is 690 g/mol. The van der Waals surface area contributed by atoms with Crippen molar-refractivity contribution < 1.29 is 29.7 Å². The number of benzene rings is 6. The second kappa shape index (κ2) is 11.3. The molecule has 1 aliphatic heterocycles. The summed E-state index contributed by atoms with van der Waals surface area (Å²) in [5, 5.41) is 49.7. The number of hydrogen-bond acceptors (Lipinski definition) is 8. The van der Waals surface area contributed by atoms with Crippen molar-refractivity contribution >= 4 is 93.1 Å². The molecule has 0 amide bonds. The molecular formula is C41H31BN2O6S. The third-order valence-electron chi connectivity index (χ3n) is 10.9. The highest BCUT2D eigenvalue weighted by molar-refractivity contribution is 7.26. The summed E-state index contributed by atoms with van der Waals surface area (Å²) in [5.74, 6) is 0. The summed E-state index contributed by atoms with van der Waals surface area (Å²) in [7, 11) is -0.990. The van der Waals surface area contributed by atoms with Crippen LogP contribution in [0.4, 0.5) is 0 Å². The molecule has 51 heavy (non-hydrogen) atoms. The summed E-state index contributed by atoms with van der Waals surface area (Å²) in [5.41, 5.74) is 2.45. The van der Waals surface area contributed by atoms with Gasteiger partial charge in [0.2, 0.25) is 0 Å². The van der Waals surface area contributed by atoms with Gasteiger partial charge in [-0.2, -0.15) is 0 Å². The van der Waals surface area contributed by atoms with Gasteiger partial charge in [-0.25, -0.2) is 4.98 Å². The maximum atomic E-state index is 10.1. The molecule has 1 saturated heterocycles. The molecule has 0 bridgehead atoms. The number of aromatic nitrogens is 2. The van der Waals surface area contributed by atoms with Crippen LogP contribution in [0.25, 0.3) is 80.3 Å². The summed E-state index contributed by atoms with van der Waals surface area (Å²) in [6.07, 6.45) is 2.14. The van der Waals surface area contributed by atoms with E-state index in [-0.39, 0.29) is 0 Å². The van der Waals surface area contributed by atoms with E-state index in [1.807, 2.05) is 24.3 Å². The van der Waals surface area contributed by atoms with Crippen molar-refractivity contribution in [3.8, 4) is 11.1 Å². The zero-order chi connectivity index (χ0) is 34.5. The number of thiophene rings is 1. The lowest BCUT2D eigenvalue weighted by Crippen LogP contribution is -2.61. The van der Waals surface area contributed by atoms with Crippen molar-refractivity contribution in [3.05, 3.63) is 115 Å². The molecule has 10 heteroatoms. The van der Waals surface area contributed by atoms with Crippen LogP contribution < -0.4 is 5.46 Å². The summed E-state index contributed by atoms with van der Waals surface area (Å²) in [6, 6.07) is 38.0. The first-order valence-electron chi connectivity index (χ1n) is 16.9. The average Bonchev–Trinajstić information content (AvgIpc) is 3.86. The van der Waals surface area contributed by atoms with Crippen molar-refractivity contribution in [2.24, 2.45) is 0 Å². The molecule has 0 saturated carbocycles. The molecule has 4 heterocycles. The van der Waals surface area contributed by atoms with Gasteiger partial charge in [0.1, 0.15) is 11.2 Å². The van der Waals surface area contributed by atoms with Gasteiger partial charge in [-0.15, -0.1) is 11.3 Å². The van der Waals surface area contributed by atoms with Crippen LogP contribution in [0.5, 0.6) is 0 Å². The number of aliphatic hydroxyl groups excluding tert-OH is 4. The van der Waals surface area contributed by atoms with E-state index in [1.54, 1.807) is 11.3 Å². The fraction of sp³-hybridized carbons (Fsp3) is 0.146. The van der Waals surface area contributed by atoms with E-state index in [2.05, 4.69) is 95.5 Å². The largest absolute Gasteiger partial charge is 0.495 e. The molecular weight excluding hydrogens is 659 g/mol. The zero-order valence-electron chi connectivity index (χ0n) is 27.3. The Morgan fingerprint density at radius 3 is 2.12 bits per heavy atom. The third kappa shape index (κ3) is 4.27. The van der Waals surface area contributed by atoms with E-state index in [0.29, 0.717) is 5.46 Å². The van der Waals surface area contributed by atoms with Crippen LogP contribution in [0.2, 0.25) is 0 Å². The Kier molecular flexibility index (Phi) is 6.84. The predicted molar refractivity (Wildman–Crippen MR) is 205 cm³/mol. The van der Waals surface area contributed by atoms with E-state index < -0.39 is 44.7 Å². The van der Waals surface area contributed by atoms with Gasteiger partial charge in [0.15, 0.2) is 5.65 Å². The van der Waals surface area contributed by atoms with E-state index in [1.165, 1.54) is 31.6 Å². The molecule has 6 aromatic carbocycles. The summed E-state index contributed by atoms with van der Waals surface area (Å²) in [6.45, 7) is -2.51. The Morgan fingerprint density at radius 1 is 0.627 bits per heavy atom. The summed E-state index contributed by atoms with van der Waals surface area (Å²) >= 11 is 1.77. The number of rotatable bonds is 6. The van der Waals surface area contributed by atoms with E-state index in [9.17, 15) is 20.4 Å². The minimum absolute atomic E-state index is 0.627. The summed E-state index contributed by atoms with van der Waals surface area (Å²) in [4.78, 5) is 5.29. The molecule has 0 radical (unpaired) electrons. The lowest BCUT2D eigenvalue weighted by Gasteiger charge is -2.39. The molecule has 0 spiro atoms. The molecule has 8 nitrogen and oxygen atoms in total. The number of pyridine rings is 1. The maximum Gasteiger partial charge on any atom is 0.495 e. The third-order valence-corrected chi connectivity index (χ3v) is 12.1. The van der Waals surface area contributed by atoms with Gasteiger partial charge in [-0.1, -0.05) is 84.9 Å². The standard InChI is InChI=1S/C41H31BN2O6S/c45-20-40(21-46)41(22-47,23-48)50-42(49-40)27-11-8-25(9-12-27)29-7-3-5-26-18-36-34(19-33(26)29)32-16-17-44-35-15-14-30-28-6-2-1-4-24(28)10-13-31(30)37(35)43-39(44)38(32)51-36/h1-19,45-48H,20-23H2. The Balaban J connectivity index is 1.08. The van der Waals surface area contributed by atoms with Crippen LogP contribution in [0.1, 0.15) is 0 Å². The number of aliphatic hydroxyl groups is 4. The van der Waals surface area contributed by atoms with Crippen LogP contribution in [0.15, 0.2) is 115 Å². The Labute approximate surface area is 295 Å². The minimum Gasteiger partial charge on any atom is -0.394 e. The van der Waals surface area contributed by atoms with Gasteiger partial charge in [0.05, 0.1) is 42.2 Å². The first-order chi connectivity index (χ1) is 25.0. The molecule has 9 aromatic rings. The normalized spacial score (nSPS) is 15.9. The Hall–Kier alpha value is -4.91. The highest BCUT2D eigenvalue weighted by atomic mass is 32.1. The molecule has 0 aliphatic carbocycles. The minimum atomic E-state index is -1.65. The van der Waals surface area contributed by atoms with Gasteiger partial charge in [-0.3, -0.25) is 4.40 Å². The van der Waals surface area contributed by atoms with Crippen LogP contribution in [-0.2, 0) is 9.31 Å². The number of imidazole rings is 1. The molecule has 0 atom stereocenters. The van der Waals surface area contributed by atoms with Gasteiger partial charge >= 0.3 is 7.12 Å². The van der Waals surface area contributed by atoms with Crippen molar-refractivity contribution in [1.29, 1.82) is 0 Å². The number of fused-ring (bicyclic) bond motifs is 12. The van der Waals surface area contributed by atoms with Crippen LogP contribution >= 0.6 is 11.3 Å².